The van der Waals surface area contributed by atoms with Gasteiger partial charge in [0.15, 0.2) is 5.82 Å². The summed E-state index contributed by atoms with van der Waals surface area (Å²) in [5, 5.41) is 8.31. The van der Waals surface area contributed by atoms with Gasteiger partial charge in [-0.25, -0.2) is 0 Å². The van der Waals surface area contributed by atoms with E-state index in [0.717, 1.165) is 23.8 Å². The summed E-state index contributed by atoms with van der Waals surface area (Å²) in [7, 11) is 0. The summed E-state index contributed by atoms with van der Waals surface area (Å²) in [5.41, 5.74) is 1.84. The van der Waals surface area contributed by atoms with E-state index in [0.29, 0.717) is 40.3 Å². The van der Waals surface area contributed by atoms with Gasteiger partial charge in [0.1, 0.15) is 6.54 Å². The molecule has 0 bridgehead atoms. The van der Waals surface area contributed by atoms with Gasteiger partial charge in [-0.15, -0.1) is 0 Å². The van der Waals surface area contributed by atoms with E-state index >= 15 is 0 Å². The zero-order valence-corrected chi connectivity index (χ0v) is 17.3. The van der Waals surface area contributed by atoms with E-state index in [1.807, 2.05) is 36.4 Å². The van der Waals surface area contributed by atoms with Crippen molar-refractivity contribution < 1.29 is 9.32 Å². The molecule has 156 valence electrons. The number of carbonyl (C=O) groups is 1. The first kappa shape index (κ1) is 19.5. The molecular formula is C23H19ClN4O3. The fourth-order valence-electron chi connectivity index (χ4n) is 3.53. The first-order valence-electron chi connectivity index (χ1n) is 10.1. The number of carbonyl (C=O) groups excluding carboxylic acids is 1. The summed E-state index contributed by atoms with van der Waals surface area (Å²) in [6, 6.07) is 16.1. The maximum absolute atomic E-state index is 12.9. The van der Waals surface area contributed by atoms with Crippen LogP contribution in [0.4, 0.5) is 0 Å². The lowest BCUT2D eigenvalue weighted by atomic mass is 10.1. The smallest absolute Gasteiger partial charge is 0.258 e. The molecule has 31 heavy (non-hydrogen) atoms. The highest BCUT2D eigenvalue weighted by Crippen LogP contribution is 2.39. The molecule has 0 unspecified atom stereocenters. The van der Waals surface area contributed by atoms with Crippen molar-refractivity contribution in [3.05, 3.63) is 81.4 Å². The molecule has 1 aliphatic rings. The number of aromatic nitrogens is 3. The predicted octanol–water partition coefficient (Wildman–Crippen LogP) is 3.90. The van der Waals surface area contributed by atoms with Gasteiger partial charge in [0.2, 0.25) is 5.91 Å². The fraction of sp³-hybridized carbons (Fsp3) is 0.217. The van der Waals surface area contributed by atoms with Gasteiger partial charge in [-0.3, -0.25) is 14.2 Å². The summed E-state index contributed by atoms with van der Waals surface area (Å²) in [6.07, 6.45) is 2.12. The third kappa shape index (κ3) is 4.09. The van der Waals surface area contributed by atoms with Crippen LogP contribution in [0.5, 0.6) is 0 Å². The molecule has 2 heterocycles. The Bertz CT molecular complexity index is 1320. The van der Waals surface area contributed by atoms with Crippen molar-refractivity contribution in [2.24, 2.45) is 0 Å². The topological polar surface area (TPSA) is 90.0 Å². The number of hydrogen-bond donors (Lipinski definition) is 1. The molecule has 4 aromatic rings. The summed E-state index contributed by atoms with van der Waals surface area (Å²) in [6.45, 7) is 0.261. The van der Waals surface area contributed by atoms with Crippen LogP contribution in [0.15, 0.2) is 63.9 Å². The Morgan fingerprint density at radius 2 is 1.94 bits per heavy atom. The van der Waals surface area contributed by atoms with Crippen LogP contribution in [-0.4, -0.2) is 20.6 Å². The Morgan fingerprint density at radius 1 is 1.16 bits per heavy atom. The van der Waals surface area contributed by atoms with Gasteiger partial charge < -0.3 is 9.84 Å². The minimum absolute atomic E-state index is 0.0929. The average Bonchev–Trinajstić information content (AvgIpc) is 3.52. The van der Waals surface area contributed by atoms with E-state index in [1.54, 1.807) is 12.1 Å². The number of amides is 1. The largest absolute Gasteiger partial charge is 0.350 e. The Labute approximate surface area is 182 Å². The van der Waals surface area contributed by atoms with Gasteiger partial charge in [0, 0.05) is 28.9 Å². The lowest BCUT2D eigenvalue weighted by molar-refractivity contribution is -0.121. The third-order valence-electron chi connectivity index (χ3n) is 5.34. The molecule has 0 aliphatic heterocycles. The van der Waals surface area contributed by atoms with Gasteiger partial charge in [-0.2, -0.15) is 4.98 Å². The lowest BCUT2D eigenvalue weighted by Crippen LogP contribution is -2.32. The van der Waals surface area contributed by atoms with E-state index in [2.05, 4.69) is 15.5 Å². The third-order valence-corrected chi connectivity index (χ3v) is 5.59. The monoisotopic (exact) mass is 434 g/mol. The Balaban J connectivity index is 1.42. The van der Waals surface area contributed by atoms with Crippen molar-refractivity contribution in [2.45, 2.75) is 31.8 Å². The summed E-state index contributed by atoms with van der Waals surface area (Å²) >= 11 is 5.89. The molecule has 7 nitrogen and oxygen atoms in total. The van der Waals surface area contributed by atoms with Crippen molar-refractivity contribution in [1.82, 2.24) is 20.0 Å². The van der Waals surface area contributed by atoms with Gasteiger partial charge >= 0.3 is 0 Å². The molecule has 2 aromatic carbocycles. The highest BCUT2D eigenvalue weighted by molar-refractivity contribution is 6.30. The van der Waals surface area contributed by atoms with Crippen LogP contribution in [0.2, 0.25) is 5.02 Å². The molecule has 1 fully saturated rings. The van der Waals surface area contributed by atoms with E-state index in [1.165, 1.54) is 10.6 Å². The predicted molar refractivity (Wildman–Crippen MR) is 117 cm³/mol. The molecule has 1 N–H and O–H groups in total. The van der Waals surface area contributed by atoms with Crippen LogP contribution in [0.1, 0.15) is 30.1 Å². The van der Waals surface area contributed by atoms with Crippen LogP contribution < -0.4 is 10.9 Å². The Morgan fingerprint density at radius 3 is 2.71 bits per heavy atom. The summed E-state index contributed by atoms with van der Waals surface area (Å²) in [5.74, 6) is 1.11. The van der Waals surface area contributed by atoms with Crippen LogP contribution >= 0.6 is 11.6 Å². The number of fused-ring (bicyclic) bond motifs is 1. The number of para-hydroxylation sites is 1. The zero-order valence-electron chi connectivity index (χ0n) is 16.5. The van der Waals surface area contributed by atoms with Gasteiger partial charge in [-0.1, -0.05) is 47.1 Å². The zero-order chi connectivity index (χ0) is 21.4. The molecule has 2 aromatic heterocycles. The summed E-state index contributed by atoms with van der Waals surface area (Å²) < 4.78 is 6.89. The number of pyridine rings is 1. The molecule has 0 radical (unpaired) electrons. The number of nitrogens with zero attached hydrogens (tertiary/aromatic N) is 3. The second kappa shape index (κ2) is 8.00. The number of nitrogens with one attached hydrogen (secondary N) is 1. The second-order valence-corrected chi connectivity index (χ2v) is 8.07. The fourth-order valence-corrected chi connectivity index (χ4v) is 3.65. The van der Waals surface area contributed by atoms with Crippen LogP contribution in [0.3, 0.4) is 0 Å². The molecule has 1 saturated carbocycles. The maximum atomic E-state index is 12.9. The Kier molecular flexibility index (Phi) is 5.03. The highest BCUT2D eigenvalue weighted by atomic mass is 35.5. The first-order valence-corrected chi connectivity index (χ1v) is 10.4. The van der Waals surface area contributed by atoms with Crippen molar-refractivity contribution in [1.29, 1.82) is 0 Å². The van der Waals surface area contributed by atoms with E-state index in [9.17, 15) is 9.59 Å². The number of benzene rings is 2. The van der Waals surface area contributed by atoms with E-state index in [4.69, 9.17) is 16.1 Å². The minimum Gasteiger partial charge on any atom is -0.350 e. The van der Waals surface area contributed by atoms with Crippen molar-refractivity contribution in [2.75, 3.05) is 0 Å². The molecule has 0 spiro atoms. The van der Waals surface area contributed by atoms with Gasteiger partial charge in [0.05, 0.1) is 11.1 Å². The van der Waals surface area contributed by atoms with Crippen molar-refractivity contribution in [3.63, 3.8) is 0 Å². The van der Waals surface area contributed by atoms with Crippen molar-refractivity contribution >= 4 is 28.4 Å². The molecule has 8 heteroatoms. The second-order valence-electron chi connectivity index (χ2n) is 7.63. The molecule has 0 atom stereocenters. The number of hydrogen-bond acceptors (Lipinski definition) is 5. The van der Waals surface area contributed by atoms with Gasteiger partial charge in [0.25, 0.3) is 11.4 Å². The quantitative estimate of drug-likeness (QED) is 0.497. The van der Waals surface area contributed by atoms with E-state index < -0.39 is 0 Å². The van der Waals surface area contributed by atoms with Crippen LogP contribution in [-0.2, 0) is 17.9 Å². The normalized spacial score (nSPS) is 13.5. The first-order chi connectivity index (χ1) is 15.1. The van der Waals surface area contributed by atoms with Crippen LogP contribution in [0.25, 0.3) is 22.4 Å². The molecule has 0 saturated heterocycles. The molecular weight excluding hydrogens is 416 g/mol. The standard InChI is InChI=1S/C23H19ClN4O3/c24-16-9-5-14(6-10-16)12-25-20(29)13-28-19-4-2-1-3-17(19)18(11-21(28)30)23-26-22(27-31-23)15-7-8-15/h1-6,9-11,15H,7-8,12-13H2,(H,25,29). The number of rotatable bonds is 6. The lowest BCUT2D eigenvalue weighted by Gasteiger charge is -2.12. The minimum atomic E-state index is -0.304. The maximum Gasteiger partial charge on any atom is 0.258 e. The SMILES string of the molecule is O=C(Cn1c(=O)cc(-c2nc(C3CC3)no2)c2ccccc21)NCc1ccc(Cl)cc1. The molecule has 1 amide bonds. The Hall–Kier alpha value is -3.45. The summed E-state index contributed by atoms with van der Waals surface area (Å²) in [4.78, 5) is 29.9. The average molecular weight is 435 g/mol. The highest BCUT2D eigenvalue weighted by Gasteiger charge is 2.29. The van der Waals surface area contributed by atoms with Gasteiger partial charge in [-0.05, 0) is 36.6 Å². The molecule has 1 aliphatic carbocycles. The van der Waals surface area contributed by atoms with Crippen LogP contribution in [0, 0.1) is 0 Å². The van der Waals surface area contributed by atoms with Crippen molar-refractivity contribution in [3.8, 4) is 11.5 Å². The number of halogens is 1. The van der Waals surface area contributed by atoms with E-state index in [-0.39, 0.29) is 18.0 Å². The molecule has 5 rings (SSSR count).